The number of halogens is 1. The Balaban J connectivity index is 1.39. The summed E-state index contributed by atoms with van der Waals surface area (Å²) in [5.74, 6) is -0.436. The number of carboxylic acid groups (broad SMARTS) is 1. The standard InChI is InChI=1S/C24H19ClN2O4S3/c1-15-2-11-21(12-22(15)24(28)29)34(30,31)27-18-7-9-19(10-8-18)32-14-20-13-26-23(33-20)16-3-5-17(25)6-4-16/h2-13,27H,14H2,1H3,(H,28,29). The normalized spacial score (nSPS) is 11.4. The summed E-state index contributed by atoms with van der Waals surface area (Å²) in [4.78, 5) is 17.8. The Labute approximate surface area is 210 Å². The number of thiazole rings is 1. The molecule has 4 aromatic rings. The second-order valence-electron chi connectivity index (χ2n) is 7.34. The van der Waals surface area contributed by atoms with Crippen LogP contribution in [0.5, 0.6) is 0 Å². The van der Waals surface area contributed by atoms with Gasteiger partial charge < -0.3 is 5.11 Å². The number of aromatic carboxylic acids is 1. The van der Waals surface area contributed by atoms with Crippen LogP contribution in [0.3, 0.4) is 0 Å². The number of nitrogens with zero attached hydrogens (tertiary/aromatic N) is 1. The average Bonchev–Trinajstić information content (AvgIpc) is 3.28. The second kappa shape index (κ2) is 10.2. The number of thioether (sulfide) groups is 1. The Kier molecular flexibility index (Phi) is 7.27. The molecule has 1 heterocycles. The van der Waals surface area contributed by atoms with Crippen LogP contribution < -0.4 is 4.72 Å². The summed E-state index contributed by atoms with van der Waals surface area (Å²) >= 11 is 9.18. The molecule has 0 bridgehead atoms. The Morgan fingerprint density at radius 3 is 2.47 bits per heavy atom. The lowest BCUT2D eigenvalue weighted by molar-refractivity contribution is 0.0696. The molecule has 4 rings (SSSR count). The summed E-state index contributed by atoms with van der Waals surface area (Å²) in [6.45, 7) is 1.62. The number of sulfonamides is 1. The molecule has 0 fully saturated rings. The summed E-state index contributed by atoms with van der Waals surface area (Å²) in [5, 5.41) is 10.9. The van der Waals surface area contributed by atoms with Crippen molar-refractivity contribution < 1.29 is 18.3 Å². The fourth-order valence-electron chi connectivity index (χ4n) is 3.09. The molecule has 0 amide bonds. The molecule has 2 N–H and O–H groups in total. The maximum absolute atomic E-state index is 12.7. The van der Waals surface area contributed by atoms with Gasteiger partial charge in [0.2, 0.25) is 0 Å². The van der Waals surface area contributed by atoms with Crippen molar-refractivity contribution in [1.29, 1.82) is 0 Å². The van der Waals surface area contributed by atoms with Gasteiger partial charge in [0.1, 0.15) is 5.01 Å². The topological polar surface area (TPSA) is 96.4 Å². The largest absolute Gasteiger partial charge is 0.478 e. The fourth-order valence-corrected chi connectivity index (χ4v) is 6.13. The van der Waals surface area contributed by atoms with Gasteiger partial charge >= 0.3 is 5.97 Å². The molecular formula is C24H19ClN2O4S3. The van der Waals surface area contributed by atoms with Crippen molar-refractivity contribution in [1.82, 2.24) is 4.98 Å². The summed E-state index contributed by atoms with van der Waals surface area (Å²) < 4.78 is 27.9. The predicted octanol–water partition coefficient (Wildman–Crippen LogP) is 6.56. The smallest absolute Gasteiger partial charge is 0.335 e. The maximum atomic E-state index is 12.7. The number of hydrogen-bond donors (Lipinski definition) is 2. The van der Waals surface area contributed by atoms with Crippen LogP contribution >= 0.6 is 34.7 Å². The lowest BCUT2D eigenvalue weighted by Gasteiger charge is -2.10. The second-order valence-corrected chi connectivity index (χ2v) is 11.6. The maximum Gasteiger partial charge on any atom is 0.335 e. The van der Waals surface area contributed by atoms with Crippen molar-refractivity contribution in [3.63, 3.8) is 0 Å². The van der Waals surface area contributed by atoms with Crippen LogP contribution in [0.1, 0.15) is 20.8 Å². The van der Waals surface area contributed by atoms with Gasteiger partial charge in [-0.15, -0.1) is 23.1 Å². The number of nitrogens with one attached hydrogen (secondary N) is 1. The van der Waals surface area contributed by atoms with E-state index >= 15 is 0 Å². The Hall–Kier alpha value is -2.85. The molecule has 10 heteroatoms. The van der Waals surface area contributed by atoms with Gasteiger partial charge in [-0.1, -0.05) is 29.8 Å². The van der Waals surface area contributed by atoms with E-state index in [1.54, 1.807) is 42.2 Å². The van der Waals surface area contributed by atoms with Gasteiger partial charge in [0.25, 0.3) is 10.0 Å². The number of benzene rings is 3. The fraction of sp³-hybridized carbons (Fsp3) is 0.0833. The number of carbonyl (C=O) groups is 1. The first kappa shape index (κ1) is 24.3. The van der Waals surface area contributed by atoms with Crippen LogP contribution in [-0.2, 0) is 15.8 Å². The molecule has 0 spiro atoms. The summed E-state index contributed by atoms with van der Waals surface area (Å²) in [7, 11) is -3.92. The van der Waals surface area contributed by atoms with Crippen molar-refractivity contribution in [3.05, 3.63) is 94.0 Å². The summed E-state index contributed by atoms with van der Waals surface area (Å²) in [6, 6.07) is 18.6. The number of rotatable bonds is 8. The molecule has 0 atom stereocenters. The van der Waals surface area contributed by atoms with Crippen molar-refractivity contribution in [3.8, 4) is 10.6 Å². The highest BCUT2D eigenvalue weighted by atomic mass is 35.5. The highest BCUT2D eigenvalue weighted by molar-refractivity contribution is 7.98. The molecule has 0 unspecified atom stereocenters. The molecule has 3 aromatic carbocycles. The van der Waals surface area contributed by atoms with Crippen LogP contribution in [-0.4, -0.2) is 24.5 Å². The molecular weight excluding hydrogens is 512 g/mol. The van der Waals surface area contributed by atoms with Crippen molar-refractivity contribution in [2.45, 2.75) is 22.5 Å². The highest BCUT2D eigenvalue weighted by Crippen LogP contribution is 2.31. The van der Waals surface area contributed by atoms with E-state index in [4.69, 9.17) is 11.6 Å². The van der Waals surface area contributed by atoms with Gasteiger partial charge in [0, 0.05) is 38.0 Å². The van der Waals surface area contributed by atoms with E-state index in [-0.39, 0.29) is 10.5 Å². The first-order valence-electron chi connectivity index (χ1n) is 10.0. The average molecular weight is 531 g/mol. The van der Waals surface area contributed by atoms with E-state index in [9.17, 15) is 18.3 Å². The lowest BCUT2D eigenvalue weighted by atomic mass is 10.1. The number of carboxylic acids is 1. The number of hydrogen-bond acceptors (Lipinski definition) is 6. The van der Waals surface area contributed by atoms with Gasteiger partial charge in [-0.3, -0.25) is 4.72 Å². The van der Waals surface area contributed by atoms with E-state index in [0.717, 1.165) is 32.2 Å². The minimum absolute atomic E-state index is 0.0445. The monoisotopic (exact) mass is 530 g/mol. The molecule has 0 aliphatic rings. The summed E-state index contributed by atoms with van der Waals surface area (Å²) in [5.41, 5.74) is 1.86. The molecule has 1 aromatic heterocycles. The molecule has 34 heavy (non-hydrogen) atoms. The minimum atomic E-state index is -3.92. The van der Waals surface area contributed by atoms with Gasteiger partial charge in [-0.25, -0.2) is 18.2 Å². The molecule has 0 radical (unpaired) electrons. The van der Waals surface area contributed by atoms with Crippen LogP contribution in [0.15, 0.2) is 82.7 Å². The van der Waals surface area contributed by atoms with Crippen molar-refractivity contribution in [2.75, 3.05) is 4.72 Å². The van der Waals surface area contributed by atoms with Gasteiger partial charge in [-0.2, -0.15) is 0 Å². The third-order valence-corrected chi connectivity index (χ3v) is 8.80. The zero-order valence-corrected chi connectivity index (χ0v) is 21.1. The van der Waals surface area contributed by atoms with Crippen LogP contribution in [0.2, 0.25) is 5.02 Å². The third kappa shape index (κ3) is 5.79. The van der Waals surface area contributed by atoms with E-state index in [0.29, 0.717) is 16.3 Å². The van der Waals surface area contributed by atoms with E-state index in [1.807, 2.05) is 42.6 Å². The first-order chi connectivity index (χ1) is 16.2. The SMILES string of the molecule is Cc1ccc(S(=O)(=O)Nc2ccc(SCc3cnc(-c4ccc(Cl)cc4)s3)cc2)cc1C(=O)O. The molecule has 0 saturated carbocycles. The van der Waals surface area contributed by atoms with Crippen molar-refractivity contribution in [2.24, 2.45) is 0 Å². The van der Waals surface area contributed by atoms with Crippen molar-refractivity contribution >= 4 is 56.4 Å². The number of anilines is 1. The molecule has 174 valence electrons. The molecule has 6 nitrogen and oxygen atoms in total. The highest BCUT2D eigenvalue weighted by Gasteiger charge is 2.18. The number of aryl methyl sites for hydroxylation is 1. The van der Waals surface area contributed by atoms with E-state index in [2.05, 4.69) is 9.71 Å². The first-order valence-corrected chi connectivity index (χ1v) is 13.7. The molecule has 0 saturated heterocycles. The Morgan fingerprint density at radius 1 is 1.09 bits per heavy atom. The zero-order valence-electron chi connectivity index (χ0n) is 17.9. The lowest BCUT2D eigenvalue weighted by Crippen LogP contribution is -2.14. The van der Waals surface area contributed by atoms with Crippen LogP contribution in [0, 0.1) is 6.92 Å². The Bertz CT molecular complexity index is 1430. The van der Waals surface area contributed by atoms with E-state index < -0.39 is 16.0 Å². The zero-order chi connectivity index (χ0) is 24.3. The number of aromatic nitrogens is 1. The van der Waals surface area contributed by atoms with Gasteiger partial charge in [0.15, 0.2) is 0 Å². The van der Waals surface area contributed by atoms with Gasteiger partial charge in [-0.05, 0) is 61.0 Å². The Morgan fingerprint density at radius 2 is 1.79 bits per heavy atom. The summed E-state index contributed by atoms with van der Waals surface area (Å²) in [6.07, 6.45) is 1.86. The van der Waals surface area contributed by atoms with Crippen LogP contribution in [0.25, 0.3) is 10.6 Å². The quantitative estimate of drug-likeness (QED) is 0.250. The van der Waals surface area contributed by atoms with Gasteiger partial charge in [0.05, 0.1) is 10.5 Å². The molecule has 0 aliphatic carbocycles. The van der Waals surface area contributed by atoms with Crippen LogP contribution in [0.4, 0.5) is 5.69 Å². The molecule has 0 aliphatic heterocycles. The minimum Gasteiger partial charge on any atom is -0.478 e. The third-order valence-electron chi connectivity index (χ3n) is 4.88. The predicted molar refractivity (Wildman–Crippen MR) is 138 cm³/mol. The van der Waals surface area contributed by atoms with E-state index in [1.165, 1.54) is 12.1 Å².